The van der Waals surface area contributed by atoms with E-state index in [1.807, 2.05) is 42.5 Å². The number of nitrogens with one attached hydrogen (secondary N) is 3. The van der Waals surface area contributed by atoms with Crippen LogP contribution in [0.4, 0.5) is 15.4 Å². The summed E-state index contributed by atoms with van der Waals surface area (Å²) in [5.74, 6) is 0.380. The molecule has 2 heterocycles. The molecule has 1 aromatic heterocycles. The molecule has 11 heteroatoms. The highest BCUT2D eigenvalue weighted by molar-refractivity contribution is 6.31. The number of nitrogens with zero attached hydrogens (tertiary/aromatic N) is 3. The second-order valence-corrected chi connectivity index (χ2v) is 9.62. The van der Waals surface area contributed by atoms with Crippen molar-refractivity contribution in [3.05, 3.63) is 71.4 Å². The number of hydrogen-bond acceptors (Lipinski definition) is 7. The van der Waals surface area contributed by atoms with Crippen LogP contribution in [0.5, 0.6) is 0 Å². The van der Waals surface area contributed by atoms with Crippen LogP contribution in [0.3, 0.4) is 0 Å². The van der Waals surface area contributed by atoms with E-state index < -0.39 is 18.4 Å². The fraction of sp³-hybridized carbons (Fsp3) is 0.370. The van der Waals surface area contributed by atoms with Gasteiger partial charge >= 0.3 is 12.1 Å². The Kier molecular flexibility index (Phi) is 9.72. The molecule has 10 nitrogen and oxygen atoms in total. The lowest BCUT2D eigenvalue weighted by Crippen LogP contribution is -2.52. The van der Waals surface area contributed by atoms with Gasteiger partial charge in [0, 0.05) is 56.4 Å². The van der Waals surface area contributed by atoms with Gasteiger partial charge in [-0.2, -0.15) is 0 Å². The molecule has 0 spiro atoms. The van der Waals surface area contributed by atoms with Crippen LogP contribution in [0, 0.1) is 0 Å². The molecule has 202 valence electrons. The van der Waals surface area contributed by atoms with E-state index >= 15 is 0 Å². The van der Waals surface area contributed by atoms with E-state index in [1.165, 1.54) is 4.90 Å². The first kappa shape index (κ1) is 27.6. The van der Waals surface area contributed by atoms with Crippen LogP contribution in [-0.2, 0) is 11.3 Å². The number of benzene rings is 2. The van der Waals surface area contributed by atoms with Gasteiger partial charge < -0.3 is 20.1 Å². The molecule has 3 amide bonds. The minimum absolute atomic E-state index is 0.00985. The number of aliphatic hydroxyl groups excluding tert-OH is 1. The number of pyridine rings is 1. The molecule has 0 bridgehead atoms. The molecule has 2 atom stereocenters. The Balaban J connectivity index is 1.36. The molecular formula is C27H33ClN6O4. The molecule has 1 aliphatic rings. The van der Waals surface area contributed by atoms with Gasteiger partial charge in [0.1, 0.15) is 18.7 Å². The van der Waals surface area contributed by atoms with E-state index in [0.717, 1.165) is 22.9 Å². The summed E-state index contributed by atoms with van der Waals surface area (Å²) in [6.07, 6.45) is 0.993. The third-order valence-corrected chi connectivity index (χ3v) is 6.91. The average molecular weight is 541 g/mol. The summed E-state index contributed by atoms with van der Waals surface area (Å²) in [6, 6.07) is 16.1. The lowest BCUT2D eigenvalue weighted by Gasteiger charge is -2.34. The van der Waals surface area contributed by atoms with Crippen molar-refractivity contribution in [2.75, 3.05) is 45.2 Å². The van der Waals surface area contributed by atoms with Crippen LogP contribution in [-0.4, -0.2) is 84.1 Å². The zero-order chi connectivity index (χ0) is 26.9. The minimum Gasteiger partial charge on any atom is -0.447 e. The van der Waals surface area contributed by atoms with Crippen LogP contribution in [0.25, 0.3) is 10.8 Å². The fourth-order valence-electron chi connectivity index (χ4n) is 4.28. The molecule has 1 fully saturated rings. The third kappa shape index (κ3) is 7.78. The number of urea groups is 1. The highest BCUT2D eigenvalue weighted by Crippen LogP contribution is 2.17. The number of piperazine rings is 1. The molecule has 4 N–H and O–H groups in total. The Morgan fingerprint density at radius 3 is 2.79 bits per heavy atom. The number of hydrogen-bond donors (Lipinski definition) is 4. The number of fused-ring (bicyclic) bond motifs is 1. The largest absolute Gasteiger partial charge is 0.447 e. The number of β-amino-alcohol motifs (C(OH)–C–C–N with tert-alkyl or cyclic N) is 1. The molecule has 38 heavy (non-hydrogen) atoms. The summed E-state index contributed by atoms with van der Waals surface area (Å²) in [6.45, 7) is 2.84. The second kappa shape index (κ2) is 13.4. The third-order valence-electron chi connectivity index (χ3n) is 6.54. The quantitative estimate of drug-likeness (QED) is 0.329. The molecule has 1 saturated heterocycles. The number of carbonyl (C=O) groups is 2. The van der Waals surface area contributed by atoms with E-state index in [-0.39, 0.29) is 19.2 Å². The normalized spacial score (nSPS) is 16.6. The second-order valence-electron chi connectivity index (χ2n) is 9.21. The van der Waals surface area contributed by atoms with Crippen LogP contribution in [0.15, 0.2) is 60.8 Å². The molecular weight excluding hydrogens is 508 g/mol. The molecule has 2 aromatic carbocycles. The van der Waals surface area contributed by atoms with Crippen LogP contribution < -0.4 is 16.0 Å². The van der Waals surface area contributed by atoms with Gasteiger partial charge in [-0.3, -0.25) is 15.5 Å². The Bertz CT molecular complexity index is 1240. The first-order valence-corrected chi connectivity index (χ1v) is 12.9. The van der Waals surface area contributed by atoms with Crippen LogP contribution >= 0.6 is 11.6 Å². The molecule has 1 aliphatic heterocycles. The monoisotopic (exact) mass is 540 g/mol. The van der Waals surface area contributed by atoms with Crippen molar-refractivity contribution >= 4 is 40.3 Å². The first-order chi connectivity index (χ1) is 18.4. The Labute approximate surface area is 226 Å². The zero-order valence-corrected chi connectivity index (χ0v) is 22.0. The van der Waals surface area contributed by atoms with Gasteiger partial charge in [0.2, 0.25) is 0 Å². The van der Waals surface area contributed by atoms with Crippen molar-refractivity contribution in [1.29, 1.82) is 0 Å². The number of amides is 3. The van der Waals surface area contributed by atoms with E-state index in [0.29, 0.717) is 36.9 Å². The van der Waals surface area contributed by atoms with E-state index in [2.05, 4.69) is 25.8 Å². The average Bonchev–Trinajstić information content (AvgIpc) is 2.92. The highest BCUT2D eigenvalue weighted by atomic mass is 35.5. The number of likely N-dealkylation sites (N-methyl/N-ethyl adjacent to an activating group) is 1. The van der Waals surface area contributed by atoms with Crippen molar-refractivity contribution in [2.45, 2.75) is 25.2 Å². The number of carbonyl (C=O) groups excluding carboxylic acids is 2. The van der Waals surface area contributed by atoms with Crippen LogP contribution in [0.2, 0.25) is 5.02 Å². The molecule has 4 rings (SSSR count). The minimum atomic E-state index is -0.653. The summed E-state index contributed by atoms with van der Waals surface area (Å²) in [5.41, 5.74) is 0.806. The van der Waals surface area contributed by atoms with Gasteiger partial charge in [0.05, 0.1) is 6.04 Å². The smallest absolute Gasteiger partial charge is 0.412 e. The molecule has 0 aliphatic carbocycles. The van der Waals surface area contributed by atoms with Gasteiger partial charge in [-0.05, 0) is 29.5 Å². The number of anilines is 1. The number of rotatable bonds is 9. The highest BCUT2D eigenvalue weighted by Gasteiger charge is 2.24. The SMILES string of the molecule is CN(C(=O)NCc1ccccc1Cl)[C@@H](CCN1CCN[C@@H](O)C1)COC(=O)Nc1cc2ccccc2cn1. The first-order valence-electron chi connectivity index (χ1n) is 12.6. The Hall–Kier alpha value is -3.44. The van der Waals surface area contributed by atoms with Crippen molar-refractivity contribution < 1.29 is 19.4 Å². The lowest BCUT2D eigenvalue weighted by atomic mass is 10.1. The topological polar surface area (TPSA) is 119 Å². The Morgan fingerprint density at radius 2 is 2.00 bits per heavy atom. The van der Waals surface area contributed by atoms with Gasteiger partial charge in [-0.1, -0.05) is 54.1 Å². The summed E-state index contributed by atoms with van der Waals surface area (Å²) in [5, 5.41) is 20.9. The maximum absolute atomic E-state index is 13.0. The predicted octanol–water partition coefficient (Wildman–Crippen LogP) is 3.26. The fourth-order valence-corrected chi connectivity index (χ4v) is 4.48. The zero-order valence-electron chi connectivity index (χ0n) is 21.3. The van der Waals surface area contributed by atoms with Gasteiger partial charge in [-0.15, -0.1) is 0 Å². The lowest BCUT2D eigenvalue weighted by molar-refractivity contribution is 0.0474. The van der Waals surface area contributed by atoms with E-state index in [9.17, 15) is 14.7 Å². The van der Waals surface area contributed by atoms with E-state index in [4.69, 9.17) is 16.3 Å². The summed E-state index contributed by atoms with van der Waals surface area (Å²) in [4.78, 5) is 33.5. The van der Waals surface area contributed by atoms with Gasteiger partial charge in [0.25, 0.3) is 0 Å². The van der Waals surface area contributed by atoms with Crippen molar-refractivity contribution in [1.82, 2.24) is 25.4 Å². The van der Waals surface area contributed by atoms with Crippen molar-refractivity contribution in [3.8, 4) is 0 Å². The number of aromatic nitrogens is 1. The van der Waals surface area contributed by atoms with Gasteiger partial charge in [0.15, 0.2) is 0 Å². The predicted molar refractivity (Wildman–Crippen MR) is 147 cm³/mol. The standard InChI is InChI=1S/C27H33ClN6O4/c1-33(26(36)31-16-21-8-4-5-9-23(21)28)22(10-12-34-13-11-29-25(35)17-34)18-38-27(37)32-24-14-19-6-2-3-7-20(19)15-30-24/h2-9,14-15,22,25,29,35H,10-13,16-18H2,1H3,(H,31,36)(H,30,32,37)/t22-,25-/m0/s1. The number of ether oxygens (including phenoxy) is 1. The van der Waals surface area contributed by atoms with Crippen molar-refractivity contribution in [3.63, 3.8) is 0 Å². The van der Waals surface area contributed by atoms with E-state index in [1.54, 1.807) is 25.4 Å². The number of halogens is 1. The maximum atomic E-state index is 13.0. The Morgan fingerprint density at radius 1 is 1.24 bits per heavy atom. The van der Waals surface area contributed by atoms with Gasteiger partial charge in [-0.25, -0.2) is 14.6 Å². The summed E-state index contributed by atoms with van der Waals surface area (Å²) in [7, 11) is 1.67. The van der Waals surface area contributed by atoms with Crippen molar-refractivity contribution in [2.24, 2.45) is 0 Å². The molecule has 3 aromatic rings. The summed E-state index contributed by atoms with van der Waals surface area (Å²) < 4.78 is 5.52. The van der Waals surface area contributed by atoms with Crippen LogP contribution in [0.1, 0.15) is 12.0 Å². The molecule has 0 unspecified atom stereocenters. The molecule has 0 saturated carbocycles. The number of aliphatic hydroxyl groups is 1. The molecule has 0 radical (unpaired) electrons. The summed E-state index contributed by atoms with van der Waals surface area (Å²) >= 11 is 6.22. The maximum Gasteiger partial charge on any atom is 0.412 e.